The van der Waals surface area contributed by atoms with Gasteiger partial charge in [0.25, 0.3) is 0 Å². The Morgan fingerprint density at radius 3 is 1.68 bits per heavy atom. The van der Waals surface area contributed by atoms with Gasteiger partial charge in [0.15, 0.2) is 23.2 Å². The van der Waals surface area contributed by atoms with Gasteiger partial charge in [0.1, 0.15) is 33.6 Å². The van der Waals surface area contributed by atoms with Gasteiger partial charge in [0.2, 0.25) is 0 Å². The predicted molar refractivity (Wildman–Crippen MR) is 228 cm³/mol. The molecule has 11 rings (SSSR count). The molecule has 0 aliphatic rings. The summed E-state index contributed by atoms with van der Waals surface area (Å²) >= 11 is 0. The van der Waals surface area contributed by atoms with Crippen molar-refractivity contribution < 1.29 is 13.3 Å². The topological polar surface area (TPSA) is 128 Å². The highest BCUT2D eigenvalue weighted by atomic mass is 16.3. The van der Waals surface area contributed by atoms with Gasteiger partial charge in [-0.3, -0.25) is 5.41 Å². The lowest BCUT2D eigenvalue weighted by atomic mass is 10.0. The van der Waals surface area contributed by atoms with E-state index in [4.69, 9.17) is 39.3 Å². The second kappa shape index (κ2) is 13.8. The van der Waals surface area contributed by atoms with Crippen molar-refractivity contribution in [2.75, 3.05) is 5.73 Å². The van der Waals surface area contributed by atoms with E-state index in [1.165, 1.54) is 0 Å². The SMILES string of the molecule is Cc1cccc2oc3cccc(-c4nc(-c5ccccc5)nc(-c5ccccc5)n4)c3c12.N=C(c1ccc2oc3ccccc3c2c1)c1oc2ccccc2c1N. The Kier molecular flexibility index (Phi) is 8.15. The van der Waals surface area contributed by atoms with E-state index in [9.17, 15) is 0 Å². The van der Waals surface area contributed by atoms with E-state index >= 15 is 0 Å². The molecule has 272 valence electrons. The second-order valence-electron chi connectivity index (χ2n) is 13.8. The van der Waals surface area contributed by atoms with Gasteiger partial charge in [0, 0.05) is 49.2 Å². The van der Waals surface area contributed by atoms with Gasteiger partial charge in [-0.15, -0.1) is 0 Å². The van der Waals surface area contributed by atoms with Gasteiger partial charge >= 0.3 is 0 Å². The maximum Gasteiger partial charge on any atom is 0.176 e. The fourth-order valence-corrected chi connectivity index (χ4v) is 7.42. The number of nitrogens with two attached hydrogens (primary N) is 1. The molecule has 0 saturated carbocycles. The summed E-state index contributed by atoms with van der Waals surface area (Å²) in [5.41, 5.74) is 15.7. The summed E-state index contributed by atoms with van der Waals surface area (Å²) in [6.45, 7) is 2.10. The predicted octanol–water partition coefficient (Wildman–Crippen LogP) is 12.4. The molecule has 0 unspecified atom stereocenters. The van der Waals surface area contributed by atoms with E-state index in [1.807, 2.05) is 152 Å². The van der Waals surface area contributed by atoms with Crippen LogP contribution >= 0.6 is 0 Å². The smallest absolute Gasteiger partial charge is 0.176 e. The van der Waals surface area contributed by atoms with Gasteiger partial charge in [-0.05, 0) is 61.0 Å². The molecular formula is C49H33N5O3. The Balaban J connectivity index is 0.000000143. The summed E-state index contributed by atoms with van der Waals surface area (Å²) in [5, 5.41) is 13.5. The number of nitrogens with one attached hydrogen (secondary N) is 1. The molecule has 0 radical (unpaired) electrons. The van der Waals surface area contributed by atoms with Gasteiger partial charge in [-0.2, -0.15) is 0 Å². The van der Waals surface area contributed by atoms with Crippen LogP contribution in [0, 0.1) is 12.3 Å². The van der Waals surface area contributed by atoms with Crippen LogP contribution in [0.3, 0.4) is 0 Å². The summed E-state index contributed by atoms with van der Waals surface area (Å²) in [6.07, 6.45) is 0. The number of nitrogen functional groups attached to an aromatic ring is 1. The third-order valence-corrected chi connectivity index (χ3v) is 10.2. The number of aryl methyl sites for hydroxylation is 1. The van der Waals surface area contributed by atoms with Crippen LogP contribution in [-0.2, 0) is 0 Å². The maximum atomic E-state index is 8.58. The van der Waals surface area contributed by atoms with Crippen LogP contribution in [-0.4, -0.2) is 20.7 Å². The Morgan fingerprint density at radius 2 is 1.00 bits per heavy atom. The van der Waals surface area contributed by atoms with Crippen molar-refractivity contribution in [3.8, 4) is 34.2 Å². The molecular weight excluding hydrogens is 707 g/mol. The summed E-state index contributed by atoms with van der Waals surface area (Å²) < 4.78 is 17.8. The van der Waals surface area contributed by atoms with Gasteiger partial charge < -0.3 is 19.0 Å². The molecule has 7 aromatic carbocycles. The molecule has 0 aliphatic heterocycles. The lowest BCUT2D eigenvalue weighted by Gasteiger charge is -2.09. The molecule has 11 aromatic rings. The van der Waals surface area contributed by atoms with Crippen molar-refractivity contribution in [2.24, 2.45) is 0 Å². The van der Waals surface area contributed by atoms with E-state index in [-0.39, 0.29) is 5.71 Å². The van der Waals surface area contributed by atoms with Crippen LogP contribution in [0.1, 0.15) is 16.9 Å². The normalized spacial score (nSPS) is 11.4. The van der Waals surface area contributed by atoms with Gasteiger partial charge in [0.05, 0.1) is 5.69 Å². The first-order valence-electron chi connectivity index (χ1n) is 18.6. The lowest BCUT2D eigenvalue weighted by molar-refractivity contribution is 0.606. The number of hydrogen-bond acceptors (Lipinski definition) is 8. The zero-order valence-electron chi connectivity index (χ0n) is 30.7. The van der Waals surface area contributed by atoms with Crippen LogP contribution < -0.4 is 5.73 Å². The molecule has 8 nitrogen and oxygen atoms in total. The number of para-hydroxylation sites is 2. The Morgan fingerprint density at radius 1 is 0.474 bits per heavy atom. The van der Waals surface area contributed by atoms with E-state index in [1.54, 1.807) is 0 Å². The highest BCUT2D eigenvalue weighted by Gasteiger charge is 2.20. The monoisotopic (exact) mass is 739 g/mol. The number of anilines is 1. The van der Waals surface area contributed by atoms with Crippen molar-refractivity contribution in [2.45, 2.75) is 6.92 Å². The molecule has 4 heterocycles. The number of fused-ring (bicyclic) bond motifs is 7. The third-order valence-electron chi connectivity index (χ3n) is 10.2. The molecule has 0 spiro atoms. The molecule has 57 heavy (non-hydrogen) atoms. The number of benzene rings is 7. The summed E-state index contributed by atoms with van der Waals surface area (Å²) in [7, 11) is 0. The van der Waals surface area contributed by atoms with Gasteiger partial charge in [-0.1, -0.05) is 115 Å². The second-order valence-corrected chi connectivity index (χ2v) is 13.8. The zero-order chi connectivity index (χ0) is 38.5. The zero-order valence-corrected chi connectivity index (χ0v) is 30.7. The fraction of sp³-hybridized carbons (Fsp3) is 0.0204. The van der Waals surface area contributed by atoms with E-state index in [0.717, 1.165) is 77.1 Å². The molecule has 0 amide bonds. The van der Waals surface area contributed by atoms with Crippen molar-refractivity contribution in [1.82, 2.24) is 15.0 Å². The quantitative estimate of drug-likeness (QED) is 0.168. The van der Waals surface area contributed by atoms with Crippen LogP contribution in [0.4, 0.5) is 5.69 Å². The number of nitrogens with zero attached hydrogens (tertiary/aromatic N) is 3. The highest BCUT2D eigenvalue weighted by molar-refractivity contribution is 6.18. The average molecular weight is 740 g/mol. The summed E-state index contributed by atoms with van der Waals surface area (Å²) in [6, 6.07) is 53.4. The summed E-state index contributed by atoms with van der Waals surface area (Å²) in [4.78, 5) is 14.6. The molecule has 0 aliphatic carbocycles. The highest BCUT2D eigenvalue weighted by Crippen LogP contribution is 2.38. The van der Waals surface area contributed by atoms with Crippen molar-refractivity contribution in [1.29, 1.82) is 5.41 Å². The number of rotatable bonds is 5. The van der Waals surface area contributed by atoms with Crippen molar-refractivity contribution in [3.63, 3.8) is 0 Å². The number of aromatic nitrogens is 3. The molecule has 3 N–H and O–H groups in total. The minimum absolute atomic E-state index is 0.265. The average Bonchev–Trinajstić information content (AvgIpc) is 3.95. The van der Waals surface area contributed by atoms with Crippen LogP contribution in [0.25, 0.3) is 89.0 Å². The molecule has 8 heteroatoms. The maximum absolute atomic E-state index is 8.58. The minimum atomic E-state index is 0.265. The Labute approximate surface area is 326 Å². The standard InChI is InChI=1S/C28H19N3O.C21H14N2O2/c1-18-10-8-16-22-24(18)25-21(15-9-17-23(25)32-22)28-30-26(19-11-4-2-5-12-19)29-27(31-28)20-13-6-3-7-14-20;22-19(21-20(23)14-6-2-4-8-17(14)25-21)12-9-10-18-15(11-12)13-5-1-3-7-16(13)24-18/h2-17H,1H3;1-11,22H,23H2. The molecule has 0 fully saturated rings. The Hall–Kier alpha value is -7.84. The van der Waals surface area contributed by atoms with E-state index < -0.39 is 0 Å². The third kappa shape index (κ3) is 5.97. The minimum Gasteiger partial charge on any atom is -0.456 e. The molecule has 0 saturated heterocycles. The van der Waals surface area contributed by atoms with Crippen molar-refractivity contribution >= 4 is 66.2 Å². The van der Waals surface area contributed by atoms with Crippen LogP contribution in [0.5, 0.6) is 0 Å². The van der Waals surface area contributed by atoms with E-state index in [0.29, 0.717) is 34.5 Å². The van der Waals surface area contributed by atoms with Gasteiger partial charge in [-0.25, -0.2) is 15.0 Å². The molecule has 0 atom stereocenters. The van der Waals surface area contributed by atoms with Crippen LogP contribution in [0.2, 0.25) is 0 Å². The van der Waals surface area contributed by atoms with E-state index in [2.05, 4.69) is 19.1 Å². The first-order valence-corrected chi connectivity index (χ1v) is 18.6. The fourth-order valence-electron chi connectivity index (χ4n) is 7.42. The first kappa shape index (κ1) is 33.7. The number of hydrogen-bond donors (Lipinski definition) is 2. The molecule has 0 bridgehead atoms. The largest absolute Gasteiger partial charge is 0.456 e. The first-order chi connectivity index (χ1) is 28.0. The Bertz CT molecular complexity index is 3230. The lowest BCUT2D eigenvalue weighted by Crippen LogP contribution is -2.02. The van der Waals surface area contributed by atoms with Crippen LogP contribution in [0.15, 0.2) is 177 Å². The molecule has 4 aromatic heterocycles. The van der Waals surface area contributed by atoms with Crippen molar-refractivity contribution in [3.05, 3.63) is 181 Å². The summed E-state index contributed by atoms with van der Waals surface area (Å²) in [5.74, 6) is 2.33. The number of furan rings is 3.